The fourth-order valence-electron chi connectivity index (χ4n) is 2.22. The number of carbonyl (C=O) groups excluding carboxylic acids is 2. The van der Waals surface area contributed by atoms with Gasteiger partial charge in [0.2, 0.25) is 0 Å². The van der Waals surface area contributed by atoms with E-state index in [1.54, 1.807) is 54.0 Å². The molecule has 2 N–H and O–H groups in total. The van der Waals surface area contributed by atoms with Gasteiger partial charge in [0.1, 0.15) is 5.75 Å². The summed E-state index contributed by atoms with van der Waals surface area (Å²) in [6, 6.07) is 11.8. The van der Waals surface area contributed by atoms with Crippen LogP contribution in [0.2, 0.25) is 0 Å². The number of amides is 2. The molecule has 1 aromatic heterocycles. The molecule has 0 bridgehead atoms. The van der Waals surface area contributed by atoms with Crippen LogP contribution in [0.4, 0.5) is 10.8 Å². The summed E-state index contributed by atoms with van der Waals surface area (Å²) < 4.78 is 6.00. The number of methoxy groups -OCH3 is 1. The van der Waals surface area contributed by atoms with Crippen LogP contribution in [-0.4, -0.2) is 23.9 Å². The first-order chi connectivity index (χ1) is 12.6. The van der Waals surface area contributed by atoms with E-state index in [-0.39, 0.29) is 11.8 Å². The molecule has 0 unspecified atom stereocenters. The predicted octanol–water partition coefficient (Wildman–Crippen LogP) is 4.42. The number of halogens is 1. The van der Waals surface area contributed by atoms with E-state index >= 15 is 0 Å². The monoisotopic (exact) mass is 431 g/mol. The molecule has 132 valence electrons. The lowest BCUT2D eigenvalue weighted by atomic mass is 10.1. The van der Waals surface area contributed by atoms with E-state index in [1.165, 1.54) is 18.4 Å². The third kappa shape index (κ3) is 4.27. The number of hydrogen-bond donors (Lipinski definition) is 2. The van der Waals surface area contributed by atoms with Crippen molar-refractivity contribution < 1.29 is 14.3 Å². The SMILES string of the molecule is COc1ccc(Br)cc1C(=O)Nc1ccc(C(=O)Nc2nccs2)cc1. The molecular formula is C18H14BrN3O3S. The smallest absolute Gasteiger partial charge is 0.259 e. The number of rotatable bonds is 5. The molecule has 0 saturated carbocycles. The summed E-state index contributed by atoms with van der Waals surface area (Å²) >= 11 is 4.69. The summed E-state index contributed by atoms with van der Waals surface area (Å²) in [7, 11) is 1.51. The Labute approximate surface area is 162 Å². The maximum atomic E-state index is 12.5. The maximum Gasteiger partial charge on any atom is 0.259 e. The molecule has 0 aliphatic carbocycles. The highest BCUT2D eigenvalue weighted by Gasteiger charge is 2.14. The van der Waals surface area contributed by atoms with Gasteiger partial charge in [-0.25, -0.2) is 4.98 Å². The molecule has 26 heavy (non-hydrogen) atoms. The molecule has 0 aliphatic rings. The Morgan fingerprint density at radius 3 is 2.50 bits per heavy atom. The van der Waals surface area contributed by atoms with Crippen molar-refractivity contribution in [2.45, 2.75) is 0 Å². The molecule has 0 aliphatic heterocycles. The first-order valence-corrected chi connectivity index (χ1v) is 9.20. The second kappa shape index (κ2) is 8.11. The predicted molar refractivity (Wildman–Crippen MR) is 105 cm³/mol. The fourth-order valence-corrected chi connectivity index (χ4v) is 3.10. The van der Waals surface area contributed by atoms with Crippen LogP contribution in [-0.2, 0) is 0 Å². The van der Waals surface area contributed by atoms with Crippen LogP contribution in [0.5, 0.6) is 5.75 Å². The standard InChI is InChI=1S/C18H14BrN3O3S/c1-25-15-7-4-12(19)10-14(15)17(24)21-13-5-2-11(3-6-13)16(23)22-18-20-8-9-26-18/h2-10H,1H3,(H,21,24)(H,20,22,23). The van der Waals surface area contributed by atoms with Crippen LogP contribution in [0.15, 0.2) is 58.5 Å². The minimum absolute atomic E-state index is 0.258. The summed E-state index contributed by atoms with van der Waals surface area (Å²) in [5, 5.41) is 7.81. The third-order valence-electron chi connectivity index (χ3n) is 3.46. The van der Waals surface area contributed by atoms with E-state index in [9.17, 15) is 9.59 Å². The zero-order valence-electron chi connectivity index (χ0n) is 13.7. The van der Waals surface area contributed by atoms with Crippen LogP contribution in [0, 0.1) is 0 Å². The first-order valence-electron chi connectivity index (χ1n) is 7.52. The van der Waals surface area contributed by atoms with Crippen LogP contribution >= 0.6 is 27.3 Å². The summed E-state index contributed by atoms with van der Waals surface area (Å²) in [6.07, 6.45) is 1.62. The third-order valence-corrected chi connectivity index (χ3v) is 4.65. The lowest BCUT2D eigenvalue weighted by molar-refractivity contribution is 0.101. The zero-order valence-corrected chi connectivity index (χ0v) is 16.1. The highest BCUT2D eigenvalue weighted by atomic mass is 79.9. The van der Waals surface area contributed by atoms with Crippen molar-refractivity contribution in [1.29, 1.82) is 0 Å². The molecule has 3 rings (SSSR count). The molecule has 3 aromatic rings. The molecular weight excluding hydrogens is 418 g/mol. The number of thiazole rings is 1. The van der Waals surface area contributed by atoms with Gasteiger partial charge in [-0.2, -0.15) is 0 Å². The van der Waals surface area contributed by atoms with Gasteiger partial charge in [-0.1, -0.05) is 15.9 Å². The largest absolute Gasteiger partial charge is 0.496 e. The second-order valence-electron chi connectivity index (χ2n) is 5.17. The lowest BCUT2D eigenvalue weighted by Gasteiger charge is -2.10. The molecule has 8 heteroatoms. The van der Waals surface area contributed by atoms with E-state index in [0.717, 1.165) is 4.47 Å². The molecule has 0 atom stereocenters. The molecule has 1 heterocycles. The summed E-state index contributed by atoms with van der Waals surface area (Å²) in [4.78, 5) is 28.6. The lowest BCUT2D eigenvalue weighted by Crippen LogP contribution is -2.14. The van der Waals surface area contributed by atoms with Crippen molar-refractivity contribution in [3.05, 3.63) is 69.6 Å². The van der Waals surface area contributed by atoms with Crippen LogP contribution < -0.4 is 15.4 Å². The van der Waals surface area contributed by atoms with Gasteiger partial charge in [-0.15, -0.1) is 11.3 Å². The summed E-state index contributed by atoms with van der Waals surface area (Å²) in [5.41, 5.74) is 1.45. The van der Waals surface area contributed by atoms with E-state index in [4.69, 9.17) is 4.74 Å². The molecule has 2 aromatic carbocycles. The van der Waals surface area contributed by atoms with Gasteiger partial charge in [0.25, 0.3) is 11.8 Å². The van der Waals surface area contributed by atoms with Gasteiger partial charge in [0, 0.05) is 27.3 Å². The number of nitrogens with one attached hydrogen (secondary N) is 2. The van der Waals surface area contributed by atoms with Crippen molar-refractivity contribution in [3.8, 4) is 5.75 Å². The molecule has 0 radical (unpaired) electrons. The Bertz CT molecular complexity index is 927. The molecule has 0 spiro atoms. The normalized spacial score (nSPS) is 10.2. The zero-order chi connectivity index (χ0) is 18.5. The highest BCUT2D eigenvalue weighted by Crippen LogP contribution is 2.24. The average Bonchev–Trinajstić information content (AvgIpc) is 3.15. The van der Waals surface area contributed by atoms with Crippen molar-refractivity contribution in [2.24, 2.45) is 0 Å². The highest BCUT2D eigenvalue weighted by molar-refractivity contribution is 9.10. The van der Waals surface area contributed by atoms with Gasteiger partial charge in [0.15, 0.2) is 5.13 Å². The second-order valence-corrected chi connectivity index (χ2v) is 6.98. The number of hydrogen-bond acceptors (Lipinski definition) is 5. The van der Waals surface area contributed by atoms with Crippen LogP contribution in [0.25, 0.3) is 0 Å². The minimum Gasteiger partial charge on any atom is -0.496 e. The van der Waals surface area contributed by atoms with E-state index in [0.29, 0.717) is 27.7 Å². The van der Waals surface area contributed by atoms with Crippen molar-refractivity contribution >= 4 is 49.9 Å². The summed E-state index contributed by atoms with van der Waals surface area (Å²) in [5.74, 6) is -0.0835. The molecule has 0 fully saturated rings. The quantitative estimate of drug-likeness (QED) is 0.626. The van der Waals surface area contributed by atoms with Gasteiger partial charge < -0.3 is 10.1 Å². The molecule has 2 amide bonds. The average molecular weight is 432 g/mol. The number of anilines is 2. The van der Waals surface area contributed by atoms with Gasteiger partial charge >= 0.3 is 0 Å². The Morgan fingerprint density at radius 1 is 1.08 bits per heavy atom. The molecule has 0 saturated heterocycles. The van der Waals surface area contributed by atoms with Crippen molar-refractivity contribution in [1.82, 2.24) is 4.98 Å². The van der Waals surface area contributed by atoms with Crippen LogP contribution in [0.1, 0.15) is 20.7 Å². The Balaban J connectivity index is 1.70. The maximum absolute atomic E-state index is 12.5. The Morgan fingerprint density at radius 2 is 1.85 bits per heavy atom. The van der Waals surface area contributed by atoms with E-state index in [2.05, 4.69) is 31.5 Å². The fraction of sp³-hybridized carbons (Fsp3) is 0.0556. The number of carbonyl (C=O) groups is 2. The topological polar surface area (TPSA) is 80.3 Å². The summed E-state index contributed by atoms with van der Waals surface area (Å²) in [6.45, 7) is 0. The number of benzene rings is 2. The number of nitrogens with zero attached hydrogens (tertiary/aromatic N) is 1. The Hall–Kier alpha value is -2.71. The number of aromatic nitrogens is 1. The van der Waals surface area contributed by atoms with E-state index < -0.39 is 0 Å². The first kappa shape index (κ1) is 18.1. The van der Waals surface area contributed by atoms with Crippen LogP contribution in [0.3, 0.4) is 0 Å². The molecule has 6 nitrogen and oxygen atoms in total. The van der Waals surface area contributed by atoms with Gasteiger partial charge in [-0.05, 0) is 42.5 Å². The van der Waals surface area contributed by atoms with Crippen molar-refractivity contribution in [3.63, 3.8) is 0 Å². The van der Waals surface area contributed by atoms with Crippen molar-refractivity contribution in [2.75, 3.05) is 17.7 Å². The van der Waals surface area contributed by atoms with Gasteiger partial charge in [0.05, 0.1) is 12.7 Å². The number of ether oxygens (including phenoxy) is 1. The van der Waals surface area contributed by atoms with Gasteiger partial charge in [-0.3, -0.25) is 14.9 Å². The Kier molecular flexibility index (Phi) is 5.65. The van der Waals surface area contributed by atoms with E-state index in [1.807, 2.05) is 0 Å². The minimum atomic E-state index is -0.303.